The van der Waals surface area contributed by atoms with Crippen LogP contribution in [0.4, 0.5) is 0 Å². The molecule has 4 aliphatic carbocycles. The van der Waals surface area contributed by atoms with Crippen LogP contribution in [0, 0.1) is 17.3 Å². The third kappa shape index (κ3) is 2.41. The molecular weight excluding hydrogens is 384 g/mol. The number of allylic oxidation sites excluding steroid dienone is 3. The molecule has 6 aliphatic rings. The Morgan fingerprint density at radius 3 is 2.47 bits per heavy atom. The van der Waals surface area contributed by atoms with Crippen molar-refractivity contribution in [3.05, 3.63) is 22.8 Å². The summed E-state index contributed by atoms with van der Waals surface area (Å²) >= 11 is 0. The Balaban J connectivity index is 1.34. The maximum absolute atomic E-state index is 12.0. The summed E-state index contributed by atoms with van der Waals surface area (Å²) in [6.07, 6.45) is 9.83. The molecule has 2 aliphatic heterocycles. The van der Waals surface area contributed by atoms with Crippen molar-refractivity contribution in [1.82, 2.24) is 0 Å². The maximum Gasteiger partial charge on any atom is 0.222 e. The molecule has 0 amide bonds. The highest BCUT2D eigenvalue weighted by atomic mass is 16.8. The molecule has 2 heterocycles. The molecule has 3 fully saturated rings. The van der Waals surface area contributed by atoms with Gasteiger partial charge in [-0.2, -0.15) is 0 Å². The highest BCUT2D eigenvalue weighted by Gasteiger charge is 2.70. The first-order valence-corrected chi connectivity index (χ1v) is 11.8. The monoisotopic (exact) mass is 418 g/mol. The number of hydrogen-bond donors (Lipinski definition) is 2. The largest absolute Gasteiger partial charge is 0.391 e. The van der Waals surface area contributed by atoms with Crippen LogP contribution < -0.4 is 0 Å². The van der Waals surface area contributed by atoms with E-state index in [2.05, 4.69) is 13.0 Å². The molecule has 1 spiro atoms. The molecule has 0 aromatic carbocycles. The van der Waals surface area contributed by atoms with Crippen LogP contribution in [0.15, 0.2) is 22.8 Å². The second-order valence-corrected chi connectivity index (χ2v) is 10.4. The average Bonchev–Trinajstić information content (AvgIpc) is 3.48. The number of hydrogen-bond acceptors (Lipinski definition) is 6. The topological polar surface area (TPSA) is 77.4 Å². The molecule has 0 bridgehead atoms. The van der Waals surface area contributed by atoms with Gasteiger partial charge in [-0.05, 0) is 61.5 Å². The third-order valence-corrected chi connectivity index (χ3v) is 9.39. The number of fused-ring (bicyclic) bond motifs is 4. The lowest BCUT2D eigenvalue weighted by Gasteiger charge is -2.54. The summed E-state index contributed by atoms with van der Waals surface area (Å²) < 4.78 is 23.8. The van der Waals surface area contributed by atoms with E-state index in [4.69, 9.17) is 18.9 Å². The Bertz CT molecular complexity index is 790. The Labute approximate surface area is 178 Å². The number of rotatable bonds is 2. The molecule has 2 saturated heterocycles. The molecule has 6 nitrogen and oxygen atoms in total. The zero-order valence-corrected chi connectivity index (χ0v) is 18.0. The molecule has 0 aromatic heterocycles. The van der Waals surface area contributed by atoms with E-state index in [0.717, 1.165) is 44.9 Å². The lowest BCUT2D eigenvalue weighted by Crippen LogP contribution is -2.65. The molecule has 4 atom stereocenters. The van der Waals surface area contributed by atoms with E-state index in [1.54, 1.807) is 5.57 Å². The maximum atomic E-state index is 12.0. The molecule has 30 heavy (non-hydrogen) atoms. The minimum Gasteiger partial charge on any atom is -0.391 e. The van der Waals surface area contributed by atoms with Crippen LogP contribution >= 0.6 is 0 Å². The van der Waals surface area contributed by atoms with E-state index in [-0.39, 0.29) is 17.8 Å². The van der Waals surface area contributed by atoms with Gasteiger partial charge in [-0.1, -0.05) is 18.6 Å². The van der Waals surface area contributed by atoms with Crippen molar-refractivity contribution in [3.8, 4) is 0 Å². The van der Waals surface area contributed by atoms with E-state index >= 15 is 0 Å². The normalized spacial score (nSPS) is 44.0. The Kier molecular flexibility index (Phi) is 4.39. The lowest BCUT2D eigenvalue weighted by molar-refractivity contribution is -0.314. The van der Waals surface area contributed by atoms with Gasteiger partial charge in [-0.15, -0.1) is 0 Å². The van der Waals surface area contributed by atoms with Gasteiger partial charge in [0, 0.05) is 18.3 Å². The quantitative estimate of drug-likeness (QED) is 0.718. The second-order valence-electron chi connectivity index (χ2n) is 10.4. The number of ether oxygens (including phenoxy) is 4. The van der Waals surface area contributed by atoms with Gasteiger partial charge in [0.1, 0.15) is 12.2 Å². The van der Waals surface area contributed by atoms with Gasteiger partial charge >= 0.3 is 0 Å². The predicted molar refractivity (Wildman–Crippen MR) is 108 cm³/mol. The zero-order chi connectivity index (χ0) is 20.6. The van der Waals surface area contributed by atoms with E-state index in [0.29, 0.717) is 44.7 Å². The van der Waals surface area contributed by atoms with Gasteiger partial charge < -0.3 is 29.2 Å². The van der Waals surface area contributed by atoms with E-state index in [1.165, 1.54) is 11.1 Å². The molecular formula is C24H34O6. The van der Waals surface area contributed by atoms with Crippen molar-refractivity contribution >= 4 is 0 Å². The van der Waals surface area contributed by atoms with Gasteiger partial charge in [-0.3, -0.25) is 0 Å². The fourth-order valence-electron chi connectivity index (χ4n) is 7.85. The third-order valence-electron chi connectivity index (χ3n) is 9.39. The second kappa shape index (κ2) is 6.63. The standard InChI is InChI=1S/C24H34O6/c1-21-7-4-18-17-5-8-22(27-10-11-28-22)14-16(17)2-3-19(18)20(21)6-9-23(21,26)24(15-25)29-12-13-30-24/h4,19-20,25-26H,2-3,5-15H2,1H3/t19?,20?,21-,23+/m0/s1. The summed E-state index contributed by atoms with van der Waals surface area (Å²) in [6.45, 7) is 4.17. The summed E-state index contributed by atoms with van der Waals surface area (Å²) in [5.74, 6) is -0.806. The van der Waals surface area contributed by atoms with Crippen LogP contribution in [0.3, 0.4) is 0 Å². The summed E-state index contributed by atoms with van der Waals surface area (Å²) in [4.78, 5) is 0. The van der Waals surface area contributed by atoms with Crippen molar-refractivity contribution in [2.24, 2.45) is 17.3 Å². The highest BCUT2D eigenvalue weighted by Crippen LogP contribution is 2.66. The fraction of sp³-hybridized carbons (Fsp3) is 0.833. The van der Waals surface area contributed by atoms with E-state index in [9.17, 15) is 10.2 Å². The summed E-state index contributed by atoms with van der Waals surface area (Å²) in [7, 11) is 0. The summed E-state index contributed by atoms with van der Waals surface area (Å²) in [5, 5.41) is 22.2. The molecule has 2 unspecified atom stereocenters. The van der Waals surface area contributed by atoms with Gasteiger partial charge in [-0.25, -0.2) is 0 Å². The lowest BCUT2D eigenvalue weighted by atomic mass is 9.55. The Morgan fingerprint density at radius 2 is 1.73 bits per heavy atom. The predicted octanol–water partition coefficient (Wildman–Crippen LogP) is 2.83. The molecule has 0 aromatic rings. The van der Waals surface area contributed by atoms with Crippen LogP contribution in [0.1, 0.15) is 58.3 Å². The van der Waals surface area contributed by atoms with Gasteiger partial charge in [0.05, 0.1) is 26.4 Å². The number of aliphatic hydroxyl groups excluding tert-OH is 1. The van der Waals surface area contributed by atoms with Crippen molar-refractivity contribution in [3.63, 3.8) is 0 Å². The van der Waals surface area contributed by atoms with Gasteiger partial charge in [0.25, 0.3) is 0 Å². The first-order chi connectivity index (χ1) is 14.5. The minimum atomic E-state index is -1.28. The van der Waals surface area contributed by atoms with Crippen LogP contribution in [0.25, 0.3) is 0 Å². The van der Waals surface area contributed by atoms with Crippen LogP contribution in [0.2, 0.25) is 0 Å². The zero-order valence-electron chi connectivity index (χ0n) is 18.0. The smallest absolute Gasteiger partial charge is 0.222 e. The number of aliphatic hydroxyl groups is 2. The van der Waals surface area contributed by atoms with E-state index < -0.39 is 11.4 Å². The molecule has 1 saturated carbocycles. The average molecular weight is 419 g/mol. The molecule has 166 valence electrons. The Morgan fingerprint density at radius 1 is 1.00 bits per heavy atom. The van der Waals surface area contributed by atoms with Crippen molar-refractivity contribution in [2.75, 3.05) is 33.0 Å². The summed E-state index contributed by atoms with van der Waals surface area (Å²) in [6, 6.07) is 0. The minimum absolute atomic E-state index is 0.301. The Hall–Kier alpha value is -0.760. The molecule has 6 heteroatoms. The highest BCUT2D eigenvalue weighted by molar-refractivity contribution is 5.45. The molecule has 2 N–H and O–H groups in total. The van der Waals surface area contributed by atoms with Crippen LogP contribution in [-0.2, 0) is 18.9 Å². The van der Waals surface area contributed by atoms with Crippen molar-refractivity contribution in [2.45, 2.75) is 75.5 Å². The SMILES string of the molecule is C[C@]12CC=C3C4=C(CCC3C1CC[C@]2(O)C1(CO)OCCO1)CC1(CC4)OCCO1. The van der Waals surface area contributed by atoms with Gasteiger partial charge in [0.15, 0.2) is 5.79 Å². The first kappa shape index (κ1) is 19.9. The summed E-state index contributed by atoms with van der Waals surface area (Å²) in [5.41, 5.74) is 3.05. The fourth-order valence-corrected chi connectivity index (χ4v) is 7.85. The van der Waals surface area contributed by atoms with Gasteiger partial charge in [0.2, 0.25) is 5.79 Å². The van der Waals surface area contributed by atoms with E-state index in [1.807, 2.05) is 0 Å². The molecule has 6 rings (SSSR count). The van der Waals surface area contributed by atoms with Crippen LogP contribution in [0.5, 0.6) is 0 Å². The van der Waals surface area contributed by atoms with Crippen LogP contribution in [-0.4, -0.2) is 60.4 Å². The molecule has 0 radical (unpaired) electrons. The van der Waals surface area contributed by atoms with Crippen molar-refractivity contribution < 1.29 is 29.2 Å². The van der Waals surface area contributed by atoms with Crippen molar-refractivity contribution in [1.29, 1.82) is 0 Å². The first-order valence-electron chi connectivity index (χ1n) is 11.8.